The molecule has 0 radical (unpaired) electrons. The van der Waals surface area contributed by atoms with Gasteiger partial charge in [-0.05, 0) is 36.2 Å². The minimum absolute atomic E-state index is 0.285. The molecule has 0 saturated carbocycles. The molecule has 1 atom stereocenters. The molecule has 17 heavy (non-hydrogen) atoms. The van der Waals surface area contributed by atoms with Gasteiger partial charge in [0.25, 0.3) is 0 Å². The molecule has 0 fully saturated rings. The van der Waals surface area contributed by atoms with E-state index in [-0.39, 0.29) is 11.9 Å². The van der Waals surface area contributed by atoms with E-state index in [4.69, 9.17) is 17.3 Å². The molecule has 2 N–H and O–H groups in total. The Morgan fingerprint density at radius 1 is 1.24 bits per heavy atom. The molecule has 1 heterocycles. The number of benzene rings is 1. The zero-order valence-corrected chi connectivity index (χ0v) is 9.86. The first-order valence-electron chi connectivity index (χ1n) is 5.27. The van der Waals surface area contributed by atoms with Crippen LogP contribution in [0, 0.1) is 5.82 Å². The number of halogens is 2. The summed E-state index contributed by atoms with van der Waals surface area (Å²) in [5.74, 6) is -0.318. The van der Waals surface area contributed by atoms with Crippen molar-refractivity contribution in [3.8, 4) is 0 Å². The lowest BCUT2D eigenvalue weighted by atomic mass is 10.0. The third-order valence-electron chi connectivity index (χ3n) is 2.62. The van der Waals surface area contributed by atoms with Crippen LogP contribution in [0.1, 0.15) is 17.2 Å². The predicted molar refractivity (Wildman–Crippen MR) is 66.3 cm³/mol. The highest BCUT2D eigenvalue weighted by atomic mass is 35.5. The van der Waals surface area contributed by atoms with Crippen LogP contribution in [0.25, 0.3) is 0 Å². The van der Waals surface area contributed by atoms with Gasteiger partial charge in [0, 0.05) is 29.0 Å². The molecule has 88 valence electrons. The Hall–Kier alpha value is -1.45. The molecular formula is C13H12ClFN2. The maximum atomic E-state index is 13.6. The number of nitrogens with two attached hydrogens (primary N) is 1. The van der Waals surface area contributed by atoms with Gasteiger partial charge in [-0.25, -0.2) is 4.39 Å². The fourth-order valence-electron chi connectivity index (χ4n) is 1.68. The second kappa shape index (κ2) is 5.25. The van der Waals surface area contributed by atoms with Crippen molar-refractivity contribution >= 4 is 11.6 Å². The maximum absolute atomic E-state index is 13.6. The van der Waals surface area contributed by atoms with Crippen LogP contribution in [0.3, 0.4) is 0 Å². The van der Waals surface area contributed by atoms with Crippen molar-refractivity contribution in [1.82, 2.24) is 4.98 Å². The van der Waals surface area contributed by atoms with Crippen LogP contribution >= 0.6 is 11.6 Å². The van der Waals surface area contributed by atoms with Gasteiger partial charge in [0.15, 0.2) is 0 Å². The van der Waals surface area contributed by atoms with Gasteiger partial charge in [0.2, 0.25) is 0 Å². The highest BCUT2D eigenvalue weighted by Gasteiger charge is 2.12. The Morgan fingerprint density at radius 2 is 1.94 bits per heavy atom. The average Bonchev–Trinajstić information content (AvgIpc) is 2.35. The smallest absolute Gasteiger partial charge is 0.127 e. The van der Waals surface area contributed by atoms with E-state index < -0.39 is 0 Å². The van der Waals surface area contributed by atoms with Gasteiger partial charge in [-0.3, -0.25) is 4.98 Å². The average molecular weight is 251 g/mol. The third kappa shape index (κ3) is 2.81. The van der Waals surface area contributed by atoms with Crippen LogP contribution in [0.4, 0.5) is 4.39 Å². The fraction of sp³-hybridized carbons (Fsp3) is 0.154. The number of hydrogen-bond donors (Lipinski definition) is 1. The van der Waals surface area contributed by atoms with Crippen molar-refractivity contribution in [2.24, 2.45) is 5.73 Å². The molecule has 0 aliphatic carbocycles. The van der Waals surface area contributed by atoms with Crippen LogP contribution in [0.5, 0.6) is 0 Å². The summed E-state index contributed by atoms with van der Waals surface area (Å²) in [6.45, 7) is 0. The molecule has 0 amide bonds. The molecule has 0 aliphatic heterocycles. The van der Waals surface area contributed by atoms with E-state index in [0.717, 1.165) is 5.56 Å². The second-order valence-electron chi connectivity index (χ2n) is 3.79. The van der Waals surface area contributed by atoms with Crippen LogP contribution in [0.2, 0.25) is 5.02 Å². The SMILES string of the molecule is NC(Cc1c(F)cccc1Cl)c1ccncc1. The van der Waals surface area contributed by atoms with E-state index in [2.05, 4.69) is 4.98 Å². The number of pyridine rings is 1. The van der Waals surface area contributed by atoms with Crippen molar-refractivity contribution in [2.75, 3.05) is 0 Å². The lowest BCUT2D eigenvalue weighted by Crippen LogP contribution is -2.14. The zero-order valence-electron chi connectivity index (χ0n) is 9.11. The van der Waals surface area contributed by atoms with Crippen LogP contribution in [0.15, 0.2) is 42.7 Å². The third-order valence-corrected chi connectivity index (χ3v) is 2.97. The van der Waals surface area contributed by atoms with Gasteiger partial charge in [-0.1, -0.05) is 17.7 Å². The lowest BCUT2D eigenvalue weighted by molar-refractivity contribution is 0.593. The first-order valence-corrected chi connectivity index (χ1v) is 5.64. The van der Waals surface area contributed by atoms with Crippen LogP contribution < -0.4 is 5.73 Å². The summed E-state index contributed by atoms with van der Waals surface area (Å²) in [5, 5.41) is 0.412. The summed E-state index contributed by atoms with van der Waals surface area (Å²) in [5.41, 5.74) is 7.38. The van der Waals surface area contributed by atoms with Gasteiger partial charge in [0.05, 0.1) is 0 Å². The Kier molecular flexibility index (Phi) is 3.71. The minimum atomic E-state index is -0.318. The number of nitrogens with zero attached hydrogens (tertiary/aromatic N) is 1. The van der Waals surface area contributed by atoms with Gasteiger partial charge < -0.3 is 5.73 Å². The highest BCUT2D eigenvalue weighted by Crippen LogP contribution is 2.24. The molecule has 4 heteroatoms. The van der Waals surface area contributed by atoms with Crippen molar-refractivity contribution < 1.29 is 4.39 Å². The molecule has 2 nitrogen and oxygen atoms in total. The zero-order chi connectivity index (χ0) is 12.3. The lowest BCUT2D eigenvalue weighted by Gasteiger charge is -2.13. The van der Waals surface area contributed by atoms with Crippen molar-refractivity contribution in [3.63, 3.8) is 0 Å². The molecule has 0 aliphatic rings. The Bertz CT molecular complexity index is 482. The molecule has 0 spiro atoms. The molecule has 1 aromatic heterocycles. The standard InChI is InChI=1S/C13H12ClFN2/c14-11-2-1-3-12(15)10(11)8-13(16)9-4-6-17-7-5-9/h1-7,13H,8,16H2. The molecule has 0 bridgehead atoms. The normalized spacial score (nSPS) is 12.4. The summed E-state index contributed by atoms with van der Waals surface area (Å²) < 4.78 is 13.6. The van der Waals surface area contributed by atoms with Gasteiger partial charge in [0.1, 0.15) is 5.82 Å². The summed E-state index contributed by atoms with van der Waals surface area (Å²) in [7, 11) is 0. The molecule has 2 aromatic rings. The topological polar surface area (TPSA) is 38.9 Å². The molecular weight excluding hydrogens is 239 g/mol. The quantitative estimate of drug-likeness (QED) is 0.909. The summed E-state index contributed by atoms with van der Waals surface area (Å²) in [6.07, 6.45) is 3.70. The number of rotatable bonds is 3. The summed E-state index contributed by atoms with van der Waals surface area (Å²) in [4.78, 5) is 3.91. The predicted octanol–water partition coefficient (Wildman–Crippen LogP) is 3.12. The van der Waals surface area contributed by atoms with Crippen molar-refractivity contribution in [2.45, 2.75) is 12.5 Å². The van der Waals surface area contributed by atoms with Crippen LogP contribution in [-0.4, -0.2) is 4.98 Å². The fourth-order valence-corrected chi connectivity index (χ4v) is 1.92. The minimum Gasteiger partial charge on any atom is -0.324 e. The first-order chi connectivity index (χ1) is 8.18. The second-order valence-corrected chi connectivity index (χ2v) is 4.20. The van der Waals surface area contributed by atoms with Crippen LogP contribution in [-0.2, 0) is 6.42 Å². The Balaban J connectivity index is 2.22. The molecule has 0 saturated heterocycles. The monoisotopic (exact) mass is 250 g/mol. The Labute approximate surface area is 104 Å². The van der Waals surface area contributed by atoms with E-state index in [9.17, 15) is 4.39 Å². The van der Waals surface area contributed by atoms with E-state index in [0.29, 0.717) is 17.0 Å². The summed E-state index contributed by atoms with van der Waals surface area (Å²) in [6, 6.07) is 7.99. The van der Waals surface area contributed by atoms with Gasteiger partial charge in [-0.15, -0.1) is 0 Å². The molecule has 2 rings (SSSR count). The van der Waals surface area contributed by atoms with E-state index in [1.165, 1.54) is 6.07 Å². The van der Waals surface area contributed by atoms with E-state index in [1.807, 2.05) is 12.1 Å². The highest BCUT2D eigenvalue weighted by molar-refractivity contribution is 6.31. The van der Waals surface area contributed by atoms with Crippen molar-refractivity contribution in [1.29, 1.82) is 0 Å². The van der Waals surface area contributed by atoms with E-state index >= 15 is 0 Å². The van der Waals surface area contributed by atoms with E-state index in [1.54, 1.807) is 24.5 Å². The molecule has 1 aromatic carbocycles. The van der Waals surface area contributed by atoms with Crippen molar-refractivity contribution in [3.05, 3.63) is 64.7 Å². The maximum Gasteiger partial charge on any atom is 0.127 e. The van der Waals surface area contributed by atoms with Gasteiger partial charge in [-0.2, -0.15) is 0 Å². The number of hydrogen-bond acceptors (Lipinski definition) is 2. The van der Waals surface area contributed by atoms with Gasteiger partial charge >= 0.3 is 0 Å². The first kappa shape index (κ1) is 12.0. The summed E-state index contributed by atoms with van der Waals surface area (Å²) >= 11 is 5.95. The Morgan fingerprint density at radius 3 is 2.59 bits per heavy atom. The number of aromatic nitrogens is 1. The largest absolute Gasteiger partial charge is 0.324 e. The molecule has 1 unspecified atom stereocenters.